The summed E-state index contributed by atoms with van der Waals surface area (Å²) in [6.45, 7) is 3.90. The average molecular weight is 446 g/mol. The van der Waals surface area contributed by atoms with E-state index in [2.05, 4.69) is 15.4 Å². The first-order valence-corrected chi connectivity index (χ1v) is 11.3. The van der Waals surface area contributed by atoms with E-state index in [9.17, 15) is 18.0 Å². The molecule has 0 radical (unpaired) electrons. The zero-order valence-corrected chi connectivity index (χ0v) is 18.0. The molecule has 1 aromatic carbocycles. The molecule has 2 aromatic heterocycles. The summed E-state index contributed by atoms with van der Waals surface area (Å²) in [6, 6.07) is 9.71. The van der Waals surface area contributed by atoms with Gasteiger partial charge in [-0.1, -0.05) is 31.5 Å². The maximum Gasteiger partial charge on any atom is 0.342 e. The summed E-state index contributed by atoms with van der Waals surface area (Å²) in [6.07, 6.45) is 2.61. The maximum absolute atomic E-state index is 13.1. The van der Waals surface area contributed by atoms with Crippen LogP contribution in [0.1, 0.15) is 37.0 Å². The number of hydrogen-bond donors (Lipinski definition) is 2. The van der Waals surface area contributed by atoms with E-state index in [1.54, 1.807) is 31.2 Å². The first-order chi connectivity index (χ1) is 14.9. The number of unbranched alkanes of at least 4 members (excludes halogenated alkanes) is 1. The third kappa shape index (κ3) is 5.00. The molecule has 2 amide bonds. The van der Waals surface area contributed by atoms with Gasteiger partial charge in [-0.3, -0.25) is 0 Å². The Hall–Kier alpha value is -3.47. The Morgan fingerprint density at radius 1 is 1.13 bits per heavy atom. The summed E-state index contributed by atoms with van der Waals surface area (Å²) < 4.78 is 34.0. The molecule has 31 heavy (non-hydrogen) atoms. The van der Waals surface area contributed by atoms with Crippen LogP contribution in [-0.2, 0) is 14.8 Å². The van der Waals surface area contributed by atoms with Gasteiger partial charge in [-0.2, -0.15) is 13.5 Å². The number of nitrogens with zero attached hydrogens (tertiary/aromatic N) is 3. The summed E-state index contributed by atoms with van der Waals surface area (Å²) in [7, 11) is -4.48. The van der Waals surface area contributed by atoms with Gasteiger partial charge >= 0.3 is 12.0 Å². The van der Waals surface area contributed by atoms with Gasteiger partial charge in [-0.15, -0.1) is 0 Å². The summed E-state index contributed by atoms with van der Waals surface area (Å²) in [5.41, 5.74) is 0.312. The quantitative estimate of drug-likeness (QED) is 0.402. The van der Waals surface area contributed by atoms with Gasteiger partial charge in [-0.25, -0.2) is 24.0 Å². The summed E-state index contributed by atoms with van der Waals surface area (Å²) in [5.74, 6) is -0.706. The molecule has 164 valence electrons. The number of urea groups is 1. The Bertz CT molecular complexity index is 1210. The Morgan fingerprint density at radius 3 is 2.65 bits per heavy atom. The number of rotatable bonds is 8. The fourth-order valence-corrected chi connectivity index (χ4v) is 4.07. The zero-order chi connectivity index (χ0) is 22.4. The molecule has 0 saturated carbocycles. The predicted octanol–water partition coefficient (Wildman–Crippen LogP) is 2.39. The van der Waals surface area contributed by atoms with E-state index in [-0.39, 0.29) is 18.0 Å². The van der Waals surface area contributed by atoms with Gasteiger partial charge in [0.15, 0.2) is 10.8 Å². The summed E-state index contributed by atoms with van der Waals surface area (Å²) in [4.78, 5) is 28.9. The van der Waals surface area contributed by atoms with Crippen LogP contribution in [0.3, 0.4) is 0 Å². The number of benzene rings is 1. The van der Waals surface area contributed by atoms with Gasteiger partial charge in [0, 0.05) is 11.9 Å². The Balaban J connectivity index is 2.06. The lowest BCUT2D eigenvalue weighted by Gasteiger charge is -2.12. The van der Waals surface area contributed by atoms with E-state index < -0.39 is 27.0 Å². The Kier molecular flexibility index (Phi) is 6.85. The van der Waals surface area contributed by atoms with Crippen molar-refractivity contribution >= 4 is 32.9 Å². The minimum Gasteiger partial charge on any atom is -0.462 e. The van der Waals surface area contributed by atoms with Gasteiger partial charge in [0.25, 0.3) is 10.0 Å². The minimum atomic E-state index is -4.48. The van der Waals surface area contributed by atoms with Crippen molar-refractivity contribution in [2.45, 2.75) is 31.7 Å². The second-order valence-corrected chi connectivity index (χ2v) is 8.17. The second kappa shape index (κ2) is 9.56. The number of aromatic nitrogens is 3. The molecular formula is C20H23N5O5S. The van der Waals surface area contributed by atoms with Crippen molar-refractivity contribution in [1.82, 2.24) is 24.8 Å². The summed E-state index contributed by atoms with van der Waals surface area (Å²) >= 11 is 0. The smallest absolute Gasteiger partial charge is 0.342 e. The number of hydrogen-bond acceptors (Lipinski definition) is 7. The van der Waals surface area contributed by atoms with Crippen molar-refractivity contribution in [1.29, 1.82) is 0 Å². The highest BCUT2D eigenvalue weighted by molar-refractivity contribution is 7.90. The first-order valence-electron chi connectivity index (χ1n) is 9.79. The number of nitrogens with one attached hydrogen (secondary N) is 2. The van der Waals surface area contributed by atoms with E-state index >= 15 is 0 Å². The molecule has 0 bridgehead atoms. The molecular weight excluding hydrogens is 422 g/mol. The van der Waals surface area contributed by atoms with Crippen molar-refractivity contribution in [3.63, 3.8) is 0 Å². The third-order valence-electron chi connectivity index (χ3n) is 4.32. The van der Waals surface area contributed by atoms with Crippen molar-refractivity contribution < 1.29 is 22.7 Å². The van der Waals surface area contributed by atoms with Crippen molar-refractivity contribution in [3.8, 4) is 5.82 Å². The topological polar surface area (TPSA) is 132 Å². The molecule has 3 rings (SSSR count). The van der Waals surface area contributed by atoms with Crippen LogP contribution in [0.5, 0.6) is 0 Å². The average Bonchev–Trinajstić information content (AvgIpc) is 3.20. The highest BCUT2D eigenvalue weighted by atomic mass is 32.2. The largest absolute Gasteiger partial charge is 0.462 e. The van der Waals surface area contributed by atoms with E-state index in [0.717, 1.165) is 22.7 Å². The number of amides is 2. The standard InChI is InChI=1S/C20H23N5O5S/c1-3-5-12-21-20(27)24-31(28,29)18-15(19(26)30-4-2)13-22-25(18)17-11-10-14-8-6-7-9-16(14)23-17/h6-11,13H,3-5,12H2,1-2H3,(H2,21,24,27). The Labute approximate surface area is 179 Å². The van der Waals surface area contributed by atoms with Gasteiger partial charge in [0.1, 0.15) is 5.56 Å². The molecule has 11 heteroatoms. The van der Waals surface area contributed by atoms with Crippen LogP contribution in [0.2, 0.25) is 0 Å². The maximum atomic E-state index is 13.1. The van der Waals surface area contributed by atoms with Crippen molar-refractivity contribution in [2.24, 2.45) is 0 Å². The zero-order valence-electron chi connectivity index (χ0n) is 17.2. The minimum absolute atomic E-state index is 0.0443. The van der Waals surface area contributed by atoms with Crippen LogP contribution in [-0.4, -0.2) is 48.3 Å². The number of fused-ring (bicyclic) bond motifs is 1. The highest BCUT2D eigenvalue weighted by Crippen LogP contribution is 2.22. The number of esters is 1. The van der Waals surface area contributed by atoms with Crippen LogP contribution in [0.25, 0.3) is 16.7 Å². The van der Waals surface area contributed by atoms with Crippen LogP contribution >= 0.6 is 0 Å². The van der Waals surface area contributed by atoms with E-state index in [1.807, 2.05) is 23.8 Å². The van der Waals surface area contributed by atoms with Gasteiger partial charge in [0.05, 0.1) is 18.3 Å². The molecule has 10 nitrogen and oxygen atoms in total. The van der Waals surface area contributed by atoms with Crippen LogP contribution in [0, 0.1) is 0 Å². The third-order valence-corrected chi connectivity index (χ3v) is 5.67. The molecule has 2 heterocycles. The predicted molar refractivity (Wildman–Crippen MR) is 113 cm³/mol. The fourth-order valence-electron chi connectivity index (χ4n) is 2.87. The van der Waals surface area contributed by atoms with Gasteiger partial charge in [-0.05, 0) is 31.5 Å². The van der Waals surface area contributed by atoms with Crippen LogP contribution in [0.15, 0.2) is 47.6 Å². The molecule has 0 aliphatic rings. The van der Waals surface area contributed by atoms with E-state index in [0.29, 0.717) is 18.5 Å². The van der Waals surface area contributed by atoms with Crippen LogP contribution in [0.4, 0.5) is 4.79 Å². The molecule has 3 aromatic rings. The second-order valence-electron chi connectivity index (χ2n) is 6.57. The first kappa shape index (κ1) is 22.2. The number of pyridine rings is 1. The van der Waals surface area contributed by atoms with Crippen molar-refractivity contribution in [3.05, 3.63) is 48.2 Å². The lowest BCUT2D eigenvalue weighted by atomic mass is 10.2. The number of ether oxygens (including phenoxy) is 1. The molecule has 0 fully saturated rings. The lowest BCUT2D eigenvalue weighted by Crippen LogP contribution is -2.41. The normalized spacial score (nSPS) is 11.3. The van der Waals surface area contributed by atoms with Crippen LogP contribution < -0.4 is 10.0 Å². The van der Waals surface area contributed by atoms with Crippen molar-refractivity contribution in [2.75, 3.05) is 13.2 Å². The molecule has 0 aliphatic heterocycles. The number of para-hydroxylation sites is 1. The van der Waals surface area contributed by atoms with E-state index in [1.165, 1.54) is 0 Å². The number of carbonyl (C=O) groups is 2. The van der Waals surface area contributed by atoms with E-state index in [4.69, 9.17) is 4.74 Å². The SMILES string of the molecule is CCCCNC(=O)NS(=O)(=O)c1c(C(=O)OCC)cnn1-c1ccc2ccccc2n1. The lowest BCUT2D eigenvalue weighted by molar-refractivity contribution is 0.0521. The molecule has 0 aliphatic carbocycles. The fraction of sp³-hybridized carbons (Fsp3) is 0.300. The molecule has 0 unspecified atom stereocenters. The molecule has 0 atom stereocenters. The molecule has 0 spiro atoms. The summed E-state index contributed by atoms with van der Waals surface area (Å²) in [5, 5.41) is 6.84. The van der Waals surface area contributed by atoms with Gasteiger partial charge in [0.2, 0.25) is 0 Å². The monoisotopic (exact) mass is 445 g/mol. The Morgan fingerprint density at radius 2 is 1.90 bits per heavy atom. The molecule has 2 N–H and O–H groups in total. The highest BCUT2D eigenvalue weighted by Gasteiger charge is 2.32. The number of carbonyl (C=O) groups excluding carboxylic acids is 2. The number of sulfonamides is 1. The van der Waals surface area contributed by atoms with Gasteiger partial charge < -0.3 is 10.1 Å². The molecule has 0 saturated heterocycles.